The van der Waals surface area contributed by atoms with Gasteiger partial charge >= 0.3 is 0 Å². The first-order chi connectivity index (χ1) is 40.6. The molecule has 0 aliphatic carbocycles. The predicted molar refractivity (Wildman–Crippen MR) is 337 cm³/mol. The molecule has 0 fully saturated rings. The summed E-state index contributed by atoms with van der Waals surface area (Å²) in [6.45, 7) is 11.2. The molecule has 6 N–H and O–H groups in total. The minimum atomic E-state index is -0.00168. The van der Waals surface area contributed by atoms with E-state index in [0.717, 1.165) is 92.2 Å². The second-order valence-electron chi connectivity index (χ2n) is 18.9. The lowest BCUT2D eigenvalue weighted by molar-refractivity contribution is -0.116. The fourth-order valence-electron chi connectivity index (χ4n) is 7.90. The minimum absolute atomic E-state index is 0. The Labute approximate surface area is 499 Å². The molecule has 0 saturated carbocycles. The van der Waals surface area contributed by atoms with Gasteiger partial charge in [0.2, 0.25) is 0 Å². The number of benzene rings is 4. The van der Waals surface area contributed by atoms with Crippen LogP contribution < -0.4 is 50.8 Å². The summed E-state index contributed by atoms with van der Waals surface area (Å²) in [4.78, 5) is 61.1. The van der Waals surface area contributed by atoms with E-state index in [2.05, 4.69) is 51.9 Å². The van der Waals surface area contributed by atoms with Gasteiger partial charge in [0, 0.05) is 60.3 Å². The van der Waals surface area contributed by atoms with E-state index in [1.165, 1.54) is 20.8 Å². The van der Waals surface area contributed by atoms with Gasteiger partial charge in [-0.2, -0.15) is 0 Å². The topological polar surface area (TPSA) is 264 Å². The molecule has 22 heteroatoms. The number of Topliss-reactive ketones (excluding diaryl/α,β-unsaturated/α-hetero) is 4. The standard InChI is InChI=1S/C16H21N3O3.C16H20N2O4.C15H19N3O2.C15H18N2O3.CH4/c1-11(20)8-18-14-9-17-10-15(16(14)22-3)19-12-4-6-13(21-2)7-5-12;1-11(19)8-17-14-9-22-10-15(16(14)21-3)18-12-4-6-13(20-2)7-5-12;1-11(19)8-17-13-7-14(10-16-9-13)18-12-3-5-15(20-2)6-4-12;1-11(18)8-16-13-7-14(10-20-9-13)17-12-3-5-15(19-2)6-4-12;/h4-7,17,19H,8-10H2,1-3H3;4-7,18H,8-10H2,1-3H3;3-7,16,18H,8-10H2,1-2H3;3-7,17H,8-10H2,1-2H3;1H4. The van der Waals surface area contributed by atoms with Crippen LogP contribution in [0.15, 0.2) is 163 Å². The van der Waals surface area contributed by atoms with Crippen molar-refractivity contribution < 1.29 is 57.1 Å². The lowest BCUT2D eigenvalue weighted by Gasteiger charge is -2.23. The molecular formula is C63H82N10O12. The molecule has 0 amide bonds. The van der Waals surface area contributed by atoms with Gasteiger partial charge in [-0.25, -0.2) is 0 Å². The highest BCUT2D eigenvalue weighted by molar-refractivity contribution is 6.03. The van der Waals surface area contributed by atoms with Crippen molar-refractivity contribution in [2.24, 2.45) is 20.0 Å². The molecule has 85 heavy (non-hydrogen) atoms. The Morgan fingerprint density at radius 3 is 1.24 bits per heavy atom. The highest BCUT2D eigenvalue weighted by Gasteiger charge is 2.22. The van der Waals surface area contributed by atoms with Crippen LogP contribution in [0.2, 0.25) is 0 Å². The maximum absolute atomic E-state index is 11.1. The van der Waals surface area contributed by atoms with Gasteiger partial charge in [-0.05, 0) is 137 Å². The summed E-state index contributed by atoms with van der Waals surface area (Å²) in [5, 5.41) is 19.7. The number of hydrogen-bond donors (Lipinski definition) is 6. The fourth-order valence-corrected chi connectivity index (χ4v) is 7.90. The number of ketones is 4. The summed E-state index contributed by atoms with van der Waals surface area (Å²) < 4.78 is 42.4. The molecule has 0 atom stereocenters. The molecule has 456 valence electrons. The second kappa shape index (κ2) is 37.3. The Balaban J connectivity index is 0.000000242. The van der Waals surface area contributed by atoms with Crippen LogP contribution in [0.3, 0.4) is 0 Å². The average Bonchev–Trinajstić information content (AvgIpc) is 3.71. The van der Waals surface area contributed by atoms with Crippen molar-refractivity contribution in [1.82, 2.24) is 10.6 Å². The molecule has 4 aliphatic rings. The number of aliphatic imine (C=N–C) groups is 4. The summed E-state index contributed by atoms with van der Waals surface area (Å²) >= 11 is 0. The van der Waals surface area contributed by atoms with Crippen LogP contribution in [0.5, 0.6) is 23.0 Å². The number of nitrogens with one attached hydrogen (secondary N) is 6. The Morgan fingerprint density at radius 1 is 0.400 bits per heavy atom. The highest BCUT2D eigenvalue weighted by Crippen LogP contribution is 2.23. The third-order valence-corrected chi connectivity index (χ3v) is 11.9. The number of ether oxygens (including phenoxy) is 8. The van der Waals surface area contributed by atoms with E-state index in [9.17, 15) is 19.2 Å². The molecule has 0 bridgehead atoms. The van der Waals surface area contributed by atoms with E-state index in [1.54, 1.807) is 49.6 Å². The minimum Gasteiger partial charge on any atom is -0.497 e. The third-order valence-electron chi connectivity index (χ3n) is 11.9. The monoisotopic (exact) mass is 1170 g/mol. The summed E-state index contributed by atoms with van der Waals surface area (Å²) in [6, 6.07) is 30.5. The molecule has 4 aliphatic heterocycles. The van der Waals surface area contributed by atoms with Crippen LogP contribution in [0.1, 0.15) is 35.1 Å². The van der Waals surface area contributed by atoms with E-state index in [1.807, 2.05) is 109 Å². The van der Waals surface area contributed by atoms with Crippen molar-refractivity contribution in [3.63, 3.8) is 0 Å². The number of hydrogen-bond acceptors (Lipinski definition) is 22. The highest BCUT2D eigenvalue weighted by atomic mass is 16.5. The van der Waals surface area contributed by atoms with Gasteiger partial charge in [0.15, 0.2) is 34.7 Å². The van der Waals surface area contributed by atoms with Crippen LogP contribution in [0, 0.1) is 0 Å². The number of methoxy groups -OCH3 is 6. The van der Waals surface area contributed by atoms with Crippen LogP contribution in [0.25, 0.3) is 0 Å². The molecule has 0 unspecified atom stereocenters. The normalized spacial score (nSPS) is 16.4. The maximum Gasteiger partial charge on any atom is 0.163 e. The van der Waals surface area contributed by atoms with Gasteiger partial charge in [0.25, 0.3) is 0 Å². The Hall–Kier alpha value is -8.96. The Kier molecular flexibility index (Phi) is 30.1. The van der Waals surface area contributed by atoms with Crippen LogP contribution in [0.4, 0.5) is 22.7 Å². The first kappa shape index (κ1) is 68.5. The summed E-state index contributed by atoms with van der Waals surface area (Å²) in [5.41, 5.74) is 10.4. The van der Waals surface area contributed by atoms with Crippen molar-refractivity contribution in [2.75, 3.05) is 143 Å². The third kappa shape index (κ3) is 24.8. The largest absolute Gasteiger partial charge is 0.497 e. The predicted octanol–water partition coefficient (Wildman–Crippen LogP) is 7.94. The Morgan fingerprint density at radius 2 is 0.776 bits per heavy atom. The summed E-state index contributed by atoms with van der Waals surface area (Å²) in [6.07, 6.45) is 3.92. The van der Waals surface area contributed by atoms with Crippen molar-refractivity contribution in [1.29, 1.82) is 0 Å². The number of carbonyl (C=O) groups is 4. The average molecular weight is 1170 g/mol. The summed E-state index contributed by atoms with van der Waals surface area (Å²) in [7, 11) is 9.74. The van der Waals surface area contributed by atoms with Gasteiger partial charge in [0.1, 0.15) is 28.7 Å². The zero-order valence-corrected chi connectivity index (χ0v) is 49.6. The molecule has 0 spiro atoms. The van der Waals surface area contributed by atoms with Crippen molar-refractivity contribution in [3.8, 4) is 23.0 Å². The molecule has 0 aromatic heterocycles. The van der Waals surface area contributed by atoms with E-state index < -0.39 is 0 Å². The molecule has 22 nitrogen and oxygen atoms in total. The molecular weight excluding hydrogens is 1090 g/mol. The van der Waals surface area contributed by atoms with Crippen LogP contribution in [-0.4, -0.2) is 167 Å². The van der Waals surface area contributed by atoms with Gasteiger partial charge in [-0.15, -0.1) is 0 Å². The first-order valence-electron chi connectivity index (χ1n) is 26.9. The quantitative estimate of drug-likeness (QED) is 0.0436. The zero-order valence-electron chi connectivity index (χ0n) is 49.6. The molecule has 8 rings (SSSR count). The molecule has 4 aromatic carbocycles. The van der Waals surface area contributed by atoms with E-state index >= 15 is 0 Å². The maximum atomic E-state index is 11.1. The number of carbonyl (C=O) groups excluding carboxylic acids is 4. The first-order valence-corrected chi connectivity index (χ1v) is 26.9. The van der Waals surface area contributed by atoms with Crippen molar-refractivity contribution in [2.45, 2.75) is 35.1 Å². The van der Waals surface area contributed by atoms with Crippen molar-refractivity contribution >= 4 is 68.7 Å². The van der Waals surface area contributed by atoms with Gasteiger partial charge in [-0.3, -0.25) is 39.1 Å². The van der Waals surface area contributed by atoms with Crippen LogP contribution in [-0.2, 0) is 38.1 Å². The number of nitrogens with zero attached hydrogens (tertiary/aromatic N) is 4. The molecule has 4 aromatic rings. The lowest BCUT2D eigenvalue weighted by Crippen LogP contribution is -2.36. The zero-order chi connectivity index (χ0) is 60.6. The smallest absolute Gasteiger partial charge is 0.163 e. The number of anilines is 4. The van der Waals surface area contributed by atoms with E-state index in [4.69, 9.17) is 37.9 Å². The second-order valence-corrected chi connectivity index (χ2v) is 18.9. The number of rotatable bonds is 22. The fraction of sp³-hybridized carbons (Fsp3) is 0.365. The van der Waals surface area contributed by atoms with Gasteiger partial charge in [-0.1, -0.05) is 7.43 Å². The SMILES string of the molecule is C.COC1=C(Nc2ccc(OC)cc2)CNCC1=NCC(C)=O.COC1=C(Nc2ccc(OC)cc2)COCC1=NCC(C)=O.COc1ccc(NC2=CC(=NCC(C)=O)CNC2)cc1.COc1ccc(NC2=CC(=NCC(C)=O)COC2)cc1. The van der Waals surface area contributed by atoms with Gasteiger partial charge in [0.05, 0.1) is 124 Å². The van der Waals surface area contributed by atoms with Gasteiger partial charge < -0.3 is 69.8 Å². The molecule has 0 radical (unpaired) electrons. The molecule has 4 heterocycles. The van der Waals surface area contributed by atoms with E-state index in [0.29, 0.717) is 63.3 Å². The lowest BCUT2D eigenvalue weighted by atomic mass is 10.1. The van der Waals surface area contributed by atoms with Crippen LogP contribution >= 0.6 is 0 Å². The van der Waals surface area contributed by atoms with Crippen molar-refractivity contribution in [3.05, 3.63) is 144 Å². The molecule has 0 saturated heterocycles. The van der Waals surface area contributed by atoms with E-state index in [-0.39, 0.29) is 56.7 Å². The Bertz CT molecular complexity index is 2870. The summed E-state index contributed by atoms with van der Waals surface area (Å²) in [5.74, 6) is 4.69.